The second-order valence-electron chi connectivity index (χ2n) is 7.39. The van der Waals surface area contributed by atoms with Gasteiger partial charge in [0.1, 0.15) is 18.0 Å². The summed E-state index contributed by atoms with van der Waals surface area (Å²) < 4.78 is 16.0. The van der Waals surface area contributed by atoms with Crippen LogP contribution in [-0.2, 0) is 14.3 Å². The average Bonchev–Trinajstić information content (AvgIpc) is 2.99. The van der Waals surface area contributed by atoms with Gasteiger partial charge < -0.3 is 14.2 Å². The lowest BCUT2D eigenvalue weighted by Gasteiger charge is -2.19. The van der Waals surface area contributed by atoms with E-state index in [9.17, 15) is 9.59 Å². The number of methoxy groups -OCH3 is 1. The summed E-state index contributed by atoms with van der Waals surface area (Å²) >= 11 is 1.08. The quantitative estimate of drug-likeness (QED) is 0.571. The van der Waals surface area contributed by atoms with Gasteiger partial charge in [0, 0.05) is 18.7 Å². The van der Waals surface area contributed by atoms with Crippen molar-refractivity contribution in [3.63, 3.8) is 0 Å². The summed E-state index contributed by atoms with van der Waals surface area (Å²) in [4.78, 5) is 32.7. The lowest BCUT2D eigenvalue weighted by atomic mass is 10.1. The van der Waals surface area contributed by atoms with Crippen molar-refractivity contribution in [2.45, 2.75) is 26.4 Å². The number of hydrogen-bond donors (Lipinski definition) is 1. The molecule has 2 heterocycles. The number of amidine groups is 1. The van der Waals surface area contributed by atoms with Gasteiger partial charge in [-0.2, -0.15) is 4.99 Å². The molecule has 0 unspecified atom stereocenters. The Kier molecular flexibility index (Phi) is 6.73. The molecule has 0 spiro atoms. The van der Waals surface area contributed by atoms with Gasteiger partial charge >= 0.3 is 6.09 Å². The van der Waals surface area contributed by atoms with Crippen molar-refractivity contribution in [2.24, 2.45) is 4.99 Å². The molecule has 0 saturated carbocycles. The first kappa shape index (κ1) is 21.8. The standard InChI is InChI=1S/C21H23N3O5S/c1-21(2,3)29-20(26)24-19-23-18(25)17(30-19)12-13-5-6-15-14(11-13)16(7-8-22-15)28-10-9-27-4/h5-8,11-12H,9-10H2,1-4H3,(H,23,24,25,26)/b17-12-. The molecule has 0 saturated heterocycles. The van der Waals surface area contributed by atoms with Crippen LogP contribution in [-0.4, -0.2) is 48.1 Å². The third-order valence-corrected chi connectivity index (χ3v) is 4.70. The Balaban J connectivity index is 1.76. The maximum absolute atomic E-state index is 12.2. The molecule has 1 aromatic heterocycles. The van der Waals surface area contributed by atoms with Crippen molar-refractivity contribution in [1.82, 2.24) is 10.3 Å². The maximum Gasteiger partial charge on any atom is 0.413 e. The van der Waals surface area contributed by atoms with Crippen LogP contribution in [0, 0.1) is 0 Å². The zero-order valence-corrected chi connectivity index (χ0v) is 18.0. The summed E-state index contributed by atoms with van der Waals surface area (Å²) in [7, 11) is 1.61. The van der Waals surface area contributed by atoms with E-state index in [1.165, 1.54) is 0 Å². The molecule has 1 aliphatic rings. The van der Waals surface area contributed by atoms with Crippen LogP contribution in [0.3, 0.4) is 0 Å². The topological polar surface area (TPSA) is 99.1 Å². The second-order valence-corrected chi connectivity index (χ2v) is 8.42. The molecule has 2 amide bonds. The minimum Gasteiger partial charge on any atom is -0.490 e. The highest BCUT2D eigenvalue weighted by atomic mass is 32.2. The molecular formula is C21H23N3O5S. The van der Waals surface area contributed by atoms with E-state index in [0.717, 1.165) is 28.2 Å². The number of pyridine rings is 1. The van der Waals surface area contributed by atoms with Gasteiger partial charge in [-0.15, -0.1) is 0 Å². The van der Waals surface area contributed by atoms with E-state index in [0.29, 0.717) is 23.9 Å². The van der Waals surface area contributed by atoms with Crippen LogP contribution >= 0.6 is 11.8 Å². The van der Waals surface area contributed by atoms with E-state index in [-0.39, 0.29) is 5.17 Å². The number of carbonyl (C=O) groups is 2. The zero-order chi connectivity index (χ0) is 21.7. The van der Waals surface area contributed by atoms with Crippen LogP contribution < -0.4 is 10.1 Å². The number of fused-ring (bicyclic) bond motifs is 1. The number of rotatable bonds is 5. The Morgan fingerprint density at radius 1 is 1.23 bits per heavy atom. The van der Waals surface area contributed by atoms with Crippen molar-refractivity contribution < 1.29 is 23.8 Å². The van der Waals surface area contributed by atoms with Crippen molar-refractivity contribution in [3.05, 3.63) is 40.9 Å². The highest BCUT2D eigenvalue weighted by Gasteiger charge is 2.25. The van der Waals surface area contributed by atoms with Gasteiger partial charge in [-0.1, -0.05) is 6.07 Å². The second kappa shape index (κ2) is 9.27. The number of nitrogens with zero attached hydrogens (tertiary/aromatic N) is 2. The van der Waals surface area contributed by atoms with Crippen LogP contribution in [0.4, 0.5) is 4.79 Å². The summed E-state index contributed by atoms with van der Waals surface area (Å²) in [5, 5.41) is 3.51. The number of amides is 2. The minimum absolute atomic E-state index is 0.187. The van der Waals surface area contributed by atoms with E-state index in [2.05, 4.69) is 15.3 Å². The highest BCUT2D eigenvalue weighted by Crippen LogP contribution is 2.30. The molecule has 1 aromatic carbocycles. The van der Waals surface area contributed by atoms with E-state index in [4.69, 9.17) is 14.2 Å². The average molecular weight is 429 g/mol. The monoisotopic (exact) mass is 429 g/mol. The molecule has 0 radical (unpaired) electrons. The van der Waals surface area contributed by atoms with Crippen LogP contribution in [0.1, 0.15) is 26.3 Å². The van der Waals surface area contributed by atoms with Crippen LogP contribution in [0.25, 0.3) is 17.0 Å². The van der Waals surface area contributed by atoms with Crippen LogP contribution in [0.15, 0.2) is 40.4 Å². The number of hydrogen-bond acceptors (Lipinski definition) is 7. The molecule has 158 valence electrons. The molecule has 1 N–H and O–H groups in total. The van der Waals surface area contributed by atoms with Gasteiger partial charge in [0.15, 0.2) is 5.17 Å². The molecule has 1 aliphatic heterocycles. The zero-order valence-electron chi connectivity index (χ0n) is 17.2. The number of thioether (sulfide) groups is 1. The molecule has 3 rings (SSSR count). The molecule has 0 aliphatic carbocycles. The third-order valence-electron chi connectivity index (χ3n) is 3.80. The van der Waals surface area contributed by atoms with Crippen LogP contribution in [0.2, 0.25) is 0 Å². The fourth-order valence-corrected chi connectivity index (χ4v) is 3.39. The van der Waals surface area contributed by atoms with Gasteiger partial charge in [-0.25, -0.2) is 4.79 Å². The van der Waals surface area contributed by atoms with Crippen molar-refractivity contribution in [1.29, 1.82) is 0 Å². The Labute approximate surface area is 178 Å². The van der Waals surface area contributed by atoms with Crippen molar-refractivity contribution >= 4 is 45.9 Å². The fraction of sp³-hybridized carbons (Fsp3) is 0.333. The third kappa shape index (κ3) is 5.80. The summed E-state index contributed by atoms with van der Waals surface area (Å²) in [5.74, 6) is 0.264. The fourth-order valence-electron chi connectivity index (χ4n) is 2.59. The largest absolute Gasteiger partial charge is 0.490 e. The summed E-state index contributed by atoms with van der Waals surface area (Å²) in [6.07, 6.45) is 2.74. The predicted octanol–water partition coefficient (Wildman–Crippen LogP) is 3.76. The number of aliphatic imine (C=N–C) groups is 1. The Morgan fingerprint density at radius 3 is 2.77 bits per heavy atom. The first-order valence-electron chi connectivity index (χ1n) is 9.28. The van der Waals surface area contributed by atoms with E-state index >= 15 is 0 Å². The molecule has 0 bridgehead atoms. The predicted molar refractivity (Wildman–Crippen MR) is 116 cm³/mol. The number of benzene rings is 1. The molecular weight excluding hydrogens is 406 g/mol. The van der Waals surface area contributed by atoms with Gasteiger partial charge in [-0.3, -0.25) is 15.1 Å². The molecule has 30 heavy (non-hydrogen) atoms. The summed E-state index contributed by atoms with van der Waals surface area (Å²) in [6.45, 7) is 6.17. The number of carbonyl (C=O) groups excluding carboxylic acids is 2. The summed E-state index contributed by atoms with van der Waals surface area (Å²) in [6, 6.07) is 7.39. The van der Waals surface area contributed by atoms with Crippen molar-refractivity contribution in [3.8, 4) is 5.75 Å². The SMILES string of the molecule is COCCOc1ccnc2ccc(/C=C3\SC(NC(=O)OC(C)(C)C)=NC3=O)cc12. The lowest BCUT2D eigenvalue weighted by molar-refractivity contribution is -0.113. The first-order chi connectivity index (χ1) is 14.2. The molecule has 0 atom stereocenters. The van der Waals surface area contributed by atoms with Gasteiger partial charge in [-0.05, 0) is 62.4 Å². The molecule has 9 heteroatoms. The van der Waals surface area contributed by atoms with E-state index in [1.54, 1.807) is 46.2 Å². The number of alkyl carbamates (subject to hydrolysis) is 1. The molecule has 2 aromatic rings. The smallest absolute Gasteiger partial charge is 0.413 e. The molecule has 8 nitrogen and oxygen atoms in total. The molecule has 0 fully saturated rings. The van der Waals surface area contributed by atoms with Crippen LogP contribution in [0.5, 0.6) is 5.75 Å². The maximum atomic E-state index is 12.2. The summed E-state index contributed by atoms with van der Waals surface area (Å²) in [5.41, 5.74) is 0.927. The first-order valence-corrected chi connectivity index (χ1v) is 10.1. The van der Waals surface area contributed by atoms with Crippen molar-refractivity contribution in [2.75, 3.05) is 20.3 Å². The number of ether oxygens (including phenoxy) is 3. The number of nitrogens with one attached hydrogen (secondary N) is 1. The van der Waals surface area contributed by atoms with Gasteiger partial charge in [0.05, 0.1) is 17.0 Å². The highest BCUT2D eigenvalue weighted by molar-refractivity contribution is 8.18. The van der Waals surface area contributed by atoms with Gasteiger partial charge in [0.25, 0.3) is 5.91 Å². The van der Waals surface area contributed by atoms with Gasteiger partial charge in [0.2, 0.25) is 0 Å². The Hall–Kier alpha value is -2.91. The lowest BCUT2D eigenvalue weighted by Crippen LogP contribution is -2.34. The normalized spacial score (nSPS) is 15.4. The Bertz CT molecular complexity index is 1030. The van der Waals surface area contributed by atoms with E-state index in [1.807, 2.05) is 18.2 Å². The number of aromatic nitrogens is 1. The Morgan fingerprint density at radius 2 is 2.03 bits per heavy atom. The van der Waals surface area contributed by atoms with E-state index < -0.39 is 17.6 Å². The minimum atomic E-state index is -0.655.